The van der Waals surface area contributed by atoms with Crippen molar-refractivity contribution in [2.24, 2.45) is 0 Å². The molecule has 2 bridgehead atoms. The van der Waals surface area contributed by atoms with E-state index in [4.69, 9.17) is 15.6 Å². The molecule has 3 heterocycles. The van der Waals surface area contributed by atoms with Gasteiger partial charge in [-0.1, -0.05) is 0 Å². The third kappa shape index (κ3) is 1.88. The normalized spacial score (nSPS) is 26.3. The lowest BCUT2D eigenvalue weighted by molar-refractivity contribution is 0.0303. The van der Waals surface area contributed by atoms with E-state index >= 15 is 0 Å². The van der Waals surface area contributed by atoms with Crippen LogP contribution < -0.4 is 10.6 Å². The molecule has 0 amide bonds. The first-order valence-corrected chi connectivity index (χ1v) is 6.03. The van der Waals surface area contributed by atoms with Crippen molar-refractivity contribution >= 4 is 17.5 Å². The Morgan fingerprint density at radius 3 is 2.67 bits per heavy atom. The number of nitrogens with zero attached hydrogens (tertiary/aromatic N) is 2. The number of fused-ring (bicyclic) bond motifs is 2. The minimum atomic E-state index is -1.03. The molecule has 6 nitrogen and oxygen atoms in total. The predicted molar refractivity (Wildman–Crippen MR) is 65.7 cm³/mol. The van der Waals surface area contributed by atoms with Crippen LogP contribution in [0.25, 0.3) is 0 Å². The minimum Gasteiger partial charge on any atom is -0.477 e. The number of anilines is 2. The monoisotopic (exact) mass is 249 g/mol. The predicted octanol–water partition coefficient (Wildman–Crippen LogP) is 0.730. The molecule has 2 saturated heterocycles. The molecule has 2 atom stereocenters. The Kier molecular flexibility index (Phi) is 2.59. The summed E-state index contributed by atoms with van der Waals surface area (Å²) in [5.74, 6) is -0.470. The Morgan fingerprint density at radius 2 is 2.06 bits per heavy atom. The molecule has 2 unspecified atom stereocenters. The molecule has 1 aromatic rings. The Hall–Kier alpha value is -1.82. The Bertz CT molecular complexity index is 479. The highest BCUT2D eigenvalue weighted by Gasteiger charge is 2.34. The average molecular weight is 249 g/mol. The Morgan fingerprint density at radius 1 is 1.39 bits per heavy atom. The summed E-state index contributed by atoms with van der Waals surface area (Å²) in [6.45, 7) is 1.47. The number of hydrogen-bond donors (Lipinski definition) is 2. The van der Waals surface area contributed by atoms with Crippen LogP contribution in [0.5, 0.6) is 0 Å². The zero-order chi connectivity index (χ0) is 12.7. The van der Waals surface area contributed by atoms with E-state index in [0.717, 1.165) is 25.9 Å². The van der Waals surface area contributed by atoms with Gasteiger partial charge in [-0.2, -0.15) is 0 Å². The SMILES string of the molecule is Nc1ccc(C(=O)O)nc1N1CC2CCC(C1)O2. The van der Waals surface area contributed by atoms with Crippen molar-refractivity contribution in [3.05, 3.63) is 17.8 Å². The van der Waals surface area contributed by atoms with Gasteiger partial charge in [0.1, 0.15) is 0 Å². The number of ether oxygens (including phenoxy) is 1. The van der Waals surface area contributed by atoms with Gasteiger partial charge in [0.25, 0.3) is 0 Å². The standard InChI is InChI=1S/C12H15N3O3/c13-9-3-4-10(12(16)17)14-11(9)15-5-7-1-2-8(6-15)18-7/h3-4,7-8H,1-2,5-6,13H2,(H,16,17). The summed E-state index contributed by atoms with van der Waals surface area (Å²) in [5, 5.41) is 8.97. The second kappa shape index (κ2) is 4.13. The summed E-state index contributed by atoms with van der Waals surface area (Å²) >= 11 is 0. The number of aromatic nitrogens is 1. The van der Waals surface area contributed by atoms with Gasteiger partial charge in [-0.3, -0.25) is 0 Å². The zero-order valence-electron chi connectivity index (χ0n) is 9.87. The van der Waals surface area contributed by atoms with Crippen LogP contribution in [0.15, 0.2) is 12.1 Å². The van der Waals surface area contributed by atoms with Gasteiger partial charge in [0.15, 0.2) is 11.5 Å². The third-order valence-corrected chi connectivity index (χ3v) is 3.47. The van der Waals surface area contributed by atoms with Crippen molar-refractivity contribution < 1.29 is 14.6 Å². The number of pyridine rings is 1. The second-order valence-corrected chi connectivity index (χ2v) is 4.78. The van der Waals surface area contributed by atoms with Gasteiger partial charge in [-0.15, -0.1) is 0 Å². The van der Waals surface area contributed by atoms with E-state index in [1.54, 1.807) is 6.07 Å². The molecule has 0 aromatic carbocycles. The topological polar surface area (TPSA) is 88.7 Å². The second-order valence-electron chi connectivity index (χ2n) is 4.78. The van der Waals surface area contributed by atoms with Crippen molar-refractivity contribution in [2.45, 2.75) is 25.0 Å². The molecule has 3 N–H and O–H groups in total. The maximum absolute atomic E-state index is 10.9. The zero-order valence-corrected chi connectivity index (χ0v) is 9.87. The number of carbonyl (C=O) groups is 1. The number of nitrogens with two attached hydrogens (primary N) is 1. The molecule has 2 aliphatic heterocycles. The van der Waals surface area contributed by atoms with E-state index in [1.165, 1.54) is 6.07 Å². The molecule has 2 aliphatic rings. The molecular formula is C12H15N3O3. The average Bonchev–Trinajstić information content (AvgIpc) is 2.68. The van der Waals surface area contributed by atoms with Crippen molar-refractivity contribution in [3.8, 4) is 0 Å². The Labute approximate surface area is 104 Å². The largest absolute Gasteiger partial charge is 0.477 e. The first-order chi connectivity index (χ1) is 8.63. The van der Waals surface area contributed by atoms with Crippen molar-refractivity contribution in [1.29, 1.82) is 0 Å². The smallest absolute Gasteiger partial charge is 0.354 e. The quantitative estimate of drug-likeness (QED) is 0.803. The lowest BCUT2D eigenvalue weighted by atomic mass is 10.2. The number of morpholine rings is 1. The first kappa shape index (κ1) is 11.3. The highest BCUT2D eigenvalue weighted by Crippen LogP contribution is 2.31. The number of aromatic carboxylic acids is 1. The summed E-state index contributed by atoms with van der Waals surface area (Å²) < 4.78 is 5.74. The van der Waals surface area contributed by atoms with Crippen LogP contribution in [-0.2, 0) is 4.74 Å². The highest BCUT2D eigenvalue weighted by atomic mass is 16.5. The highest BCUT2D eigenvalue weighted by molar-refractivity contribution is 5.87. The Balaban J connectivity index is 1.91. The molecule has 0 radical (unpaired) electrons. The molecule has 2 fully saturated rings. The summed E-state index contributed by atoms with van der Waals surface area (Å²) in [6.07, 6.45) is 2.55. The van der Waals surface area contributed by atoms with Gasteiger partial charge >= 0.3 is 5.97 Å². The third-order valence-electron chi connectivity index (χ3n) is 3.47. The van der Waals surface area contributed by atoms with Gasteiger partial charge < -0.3 is 20.5 Å². The maximum atomic E-state index is 10.9. The molecule has 1 aromatic heterocycles. The van der Waals surface area contributed by atoms with Crippen LogP contribution in [-0.4, -0.2) is 41.4 Å². The van der Waals surface area contributed by atoms with Gasteiger partial charge in [0, 0.05) is 13.1 Å². The molecule has 0 spiro atoms. The van der Waals surface area contributed by atoms with Crippen LogP contribution in [0, 0.1) is 0 Å². The summed E-state index contributed by atoms with van der Waals surface area (Å²) in [6, 6.07) is 3.03. The lowest BCUT2D eigenvalue weighted by Gasteiger charge is -2.33. The minimum absolute atomic E-state index is 0.0260. The molecule has 96 valence electrons. The lowest BCUT2D eigenvalue weighted by Crippen LogP contribution is -2.43. The van der Waals surface area contributed by atoms with E-state index in [2.05, 4.69) is 4.98 Å². The number of nitrogen functional groups attached to an aromatic ring is 1. The van der Waals surface area contributed by atoms with Crippen molar-refractivity contribution in [1.82, 2.24) is 4.98 Å². The summed E-state index contributed by atoms with van der Waals surface area (Å²) in [4.78, 5) is 17.1. The van der Waals surface area contributed by atoms with Crippen LogP contribution in [0.1, 0.15) is 23.3 Å². The molecule has 18 heavy (non-hydrogen) atoms. The maximum Gasteiger partial charge on any atom is 0.354 e. The number of carboxylic acid groups (broad SMARTS) is 1. The van der Waals surface area contributed by atoms with Gasteiger partial charge in [-0.25, -0.2) is 9.78 Å². The van der Waals surface area contributed by atoms with E-state index in [9.17, 15) is 4.79 Å². The van der Waals surface area contributed by atoms with Crippen LogP contribution in [0.4, 0.5) is 11.5 Å². The summed E-state index contributed by atoms with van der Waals surface area (Å²) in [5.41, 5.74) is 6.43. The summed E-state index contributed by atoms with van der Waals surface area (Å²) in [7, 11) is 0. The molecule has 0 aliphatic carbocycles. The van der Waals surface area contributed by atoms with Crippen LogP contribution in [0.3, 0.4) is 0 Å². The van der Waals surface area contributed by atoms with Gasteiger partial charge in [-0.05, 0) is 25.0 Å². The number of carboxylic acids is 1. The van der Waals surface area contributed by atoms with E-state index in [0.29, 0.717) is 11.5 Å². The fourth-order valence-corrected chi connectivity index (χ4v) is 2.62. The first-order valence-electron chi connectivity index (χ1n) is 6.03. The molecule has 0 saturated carbocycles. The van der Waals surface area contributed by atoms with Crippen LogP contribution in [0.2, 0.25) is 0 Å². The molecule has 3 rings (SSSR count). The number of hydrogen-bond acceptors (Lipinski definition) is 5. The van der Waals surface area contributed by atoms with E-state index in [1.807, 2.05) is 4.90 Å². The fraction of sp³-hybridized carbons (Fsp3) is 0.500. The van der Waals surface area contributed by atoms with E-state index in [-0.39, 0.29) is 17.9 Å². The number of rotatable bonds is 2. The fourth-order valence-electron chi connectivity index (χ4n) is 2.62. The van der Waals surface area contributed by atoms with Crippen molar-refractivity contribution in [3.63, 3.8) is 0 Å². The van der Waals surface area contributed by atoms with Gasteiger partial charge in [0.05, 0.1) is 17.9 Å². The van der Waals surface area contributed by atoms with Crippen molar-refractivity contribution in [2.75, 3.05) is 23.7 Å². The van der Waals surface area contributed by atoms with E-state index < -0.39 is 5.97 Å². The molecular weight excluding hydrogens is 234 g/mol. The van der Waals surface area contributed by atoms with Gasteiger partial charge in [0.2, 0.25) is 0 Å². The van der Waals surface area contributed by atoms with Crippen LogP contribution >= 0.6 is 0 Å². The molecule has 6 heteroatoms.